The Balaban J connectivity index is 1.71. The summed E-state index contributed by atoms with van der Waals surface area (Å²) in [5.74, 6) is -0.951. The Morgan fingerprint density at radius 1 is 0.974 bits per heavy atom. The van der Waals surface area contributed by atoms with Crippen LogP contribution in [0.5, 0.6) is 11.5 Å². The van der Waals surface area contributed by atoms with Gasteiger partial charge in [-0.15, -0.1) is 10.2 Å². The molecule has 1 radical (unpaired) electrons. The van der Waals surface area contributed by atoms with Crippen LogP contribution in [0.15, 0.2) is 36.4 Å². The number of phenolic OH excluding ortho intramolecular Hbond substituents is 2. The SMILES string of the molecule is [CH2]C(=O)N1CCN(C(=O)c2ccc(-n3c(C(=O)NCC)nnc3-c3cc(C(C)C)c(O)cc3O)cc2)CC1. The van der Waals surface area contributed by atoms with Gasteiger partial charge in [0.1, 0.15) is 11.5 Å². The number of nitrogens with zero attached hydrogens (tertiary/aromatic N) is 5. The molecule has 2 aromatic carbocycles. The minimum absolute atomic E-state index is 0.00784. The molecule has 0 bridgehead atoms. The summed E-state index contributed by atoms with van der Waals surface area (Å²) < 4.78 is 1.51. The van der Waals surface area contributed by atoms with Crippen molar-refractivity contribution in [1.29, 1.82) is 0 Å². The maximum atomic E-state index is 13.1. The van der Waals surface area contributed by atoms with Gasteiger partial charge in [0.25, 0.3) is 11.8 Å². The molecule has 1 aromatic heterocycles. The van der Waals surface area contributed by atoms with Crippen molar-refractivity contribution in [1.82, 2.24) is 29.9 Å². The maximum absolute atomic E-state index is 13.1. The van der Waals surface area contributed by atoms with Crippen LogP contribution in [0, 0.1) is 6.92 Å². The second-order valence-electron chi connectivity index (χ2n) is 9.34. The molecule has 38 heavy (non-hydrogen) atoms. The van der Waals surface area contributed by atoms with Gasteiger partial charge in [0.15, 0.2) is 5.82 Å². The summed E-state index contributed by atoms with van der Waals surface area (Å²) in [6, 6.07) is 9.54. The molecule has 1 fully saturated rings. The quantitative estimate of drug-likeness (QED) is 0.454. The Kier molecular flexibility index (Phi) is 7.65. The van der Waals surface area contributed by atoms with E-state index in [0.717, 1.165) is 0 Å². The Hall–Kier alpha value is -4.41. The third-order valence-electron chi connectivity index (χ3n) is 6.50. The summed E-state index contributed by atoms with van der Waals surface area (Å²) in [5, 5.41) is 32.0. The van der Waals surface area contributed by atoms with Crippen molar-refractivity contribution in [2.45, 2.75) is 26.7 Å². The third kappa shape index (κ3) is 5.17. The number of carbonyl (C=O) groups is 3. The van der Waals surface area contributed by atoms with Gasteiger partial charge in [-0.1, -0.05) is 13.8 Å². The van der Waals surface area contributed by atoms with E-state index in [1.165, 1.54) is 10.6 Å². The number of aromatic nitrogens is 3. The van der Waals surface area contributed by atoms with E-state index in [1.807, 2.05) is 13.8 Å². The molecule has 3 aromatic rings. The highest BCUT2D eigenvalue weighted by Gasteiger charge is 2.26. The molecule has 0 atom stereocenters. The average molecular weight is 520 g/mol. The van der Waals surface area contributed by atoms with Crippen molar-refractivity contribution in [2.75, 3.05) is 32.7 Å². The van der Waals surface area contributed by atoms with Crippen molar-refractivity contribution in [3.8, 4) is 28.6 Å². The van der Waals surface area contributed by atoms with Crippen molar-refractivity contribution in [3.63, 3.8) is 0 Å². The summed E-state index contributed by atoms with van der Waals surface area (Å²) in [6.45, 7) is 11.1. The molecule has 199 valence electrons. The molecule has 0 aliphatic carbocycles. The van der Waals surface area contributed by atoms with Crippen LogP contribution < -0.4 is 5.32 Å². The van der Waals surface area contributed by atoms with Crippen LogP contribution in [0.25, 0.3) is 17.1 Å². The van der Waals surface area contributed by atoms with Gasteiger partial charge < -0.3 is 25.3 Å². The van der Waals surface area contributed by atoms with Crippen molar-refractivity contribution < 1.29 is 24.6 Å². The number of carbonyl (C=O) groups excluding carboxylic acids is 3. The molecule has 2 heterocycles. The van der Waals surface area contributed by atoms with E-state index in [4.69, 9.17) is 0 Å². The molecular formula is C27H31N6O5. The highest BCUT2D eigenvalue weighted by molar-refractivity contribution is 5.95. The number of amides is 3. The molecule has 3 amide bonds. The lowest BCUT2D eigenvalue weighted by atomic mass is 9.98. The van der Waals surface area contributed by atoms with Crippen LogP contribution in [0.4, 0.5) is 0 Å². The fraction of sp³-hybridized carbons (Fsp3) is 0.333. The number of piperazine rings is 1. The van der Waals surface area contributed by atoms with E-state index in [0.29, 0.717) is 55.1 Å². The minimum Gasteiger partial charge on any atom is -0.508 e. The van der Waals surface area contributed by atoms with Gasteiger partial charge in [-0.3, -0.25) is 19.0 Å². The highest BCUT2D eigenvalue weighted by Crippen LogP contribution is 2.38. The first-order valence-corrected chi connectivity index (χ1v) is 12.4. The fourth-order valence-electron chi connectivity index (χ4n) is 4.42. The van der Waals surface area contributed by atoms with Crippen LogP contribution in [-0.4, -0.2) is 85.2 Å². The highest BCUT2D eigenvalue weighted by atomic mass is 16.3. The number of hydrogen-bond acceptors (Lipinski definition) is 7. The zero-order chi connectivity index (χ0) is 27.6. The van der Waals surface area contributed by atoms with Gasteiger partial charge in [0, 0.05) is 57.0 Å². The predicted octanol–water partition coefficient (Wildman–Crippen LogP) is 2.34. The molecule has 1 aliphatic heterocycles. The standard InChI is InChI=1S/C27H31N6O5/c1-5-28-26(37)25-30-29-24(21-14-20(16(2)3)22(35)15-23(21)36)33(25)19-8-6-18(7-9-19)27(38)32-12-10-31(11-13-32)17(4)34/h6-9,14-16,35-36H,4-5,10-13H2,1-3H3,(H,28,37). The monoisotopic (exact) mass is 519 g/mol. The second-order valence-corrected chi connectivity index (χ2v) is 9.34. The minimum atomic E-state index is -0.452. The molecular weight excluding hydrogens is 488 g/mol. The summed E-state index contributed by atoms with van der Waals surface area (Å²) in [4.78, 5) is 40.6. The number of rotatable bonds is 6. The molecule has 3 N–H and O–H groups in total. The molecule has 11 heteroatoms. The molecule has 0 unspecified atom stereocenters. The summed E-state index contributed by atoms with van der Waals surface area (Å²) in [7, 11) is 0. The van der Waals surface area contributed by atoms with Gasteiger partial charge in [-0.2, -0.15) is 0 Å². The molecule has 0 spiro atoms. The van der Waals surface area contributed by atoms with Gasteiger partial charge in [-0.05, 0) is 48.7 Å². The van der Waals surface area contributed by atoms with Gasteiger partial charge >= 0.3 is 0 Å². The van der Waals surface area contributed by atoms with E-state index in [-0.39, 0.29) is 40.9 Å². The lowest BCUT2D eigenvalue weighted by molar-refractivity contribution is -0.127. The second kappa shape index (κ2) is 10.9. The van der Waals surface area contributed by atoms with Crippen LogP contribution in [0.1, 0.15) is 53.2 Å². The molecule has 11 nitrogen and oxygen atoms in total. The van der Waals surface area contributed by atoms with Crippen LogP contribution in [0.3, 0.4) is 0 Å². The Morgan fingerprint density at radius 2 is 1.61 bits per heavy atom. The lowest BCUT2D eigenvalue weighted by Crippen LogP contribution is -2.50. The topological polar surface area (TPSA) is 141 Å². The summed E-state index contributed by atoms with van der Waals surface area (Å²) in [6.07, 6.45) is 0. The van der Waals surface area contributed by atoms with Gasteiger partial charge in [0.05, 0.1) is 5.56 Å². The third-order valence-corrected chi connectivity index (χ3v) is 6.50. The van der Waals surface area contributed by atoms with E-state index in [1.54, 1.807) is 47.1 Å². The van der Waals surface area contributed by atoms with E-state index in [9.17, 15) is 24.6 Å². The Bertz CT molecular complexity index is 1360. The van der Waals surface area contributed by atoms with Crippen LogP contribution in [-0.2, 0) is 4.79 Å². The summed E-state index contributed by atoms with van der Waals surface area (Å²) >= 11 is 0. The first-order chi connectivity index (χ1) is 18.1. The number of aromatic hydroxyl groups is 2. The number of nitrogens with one attached hydrogen (secondary N) is 1. The normalized spacial score (nSPS) is 13.6. The maximum Gasteiger partial charge on any atom is 0.289 e. The Labute approximate surface area is 220 Å². The fourth-order valence-corrected chi connectivity index (χ4v) is 4.42. The molecule has 1 aliphatic rings. The van der Waals surface area contributed by atoms with Gasteiger partial charge in [-0.25, -0.2) is 0 Å². The van der Waals surface area contributed by atoms with Crippen LogP contribution >= 0.6 is 0 Å². The van der Waals surface area contributed by atoms with Crippen molar-refractivity contribution in [2.24, 2.45) is 0 Å². The number of hydrogen-bond donors (Lipinski definition) is 3. The van der Waals surface area contributed by atoms with E-state index < -0.39 is 5.91 Å². The van der Waals surface area contributed by atoms with E-state index in [2.05, 4.69) is 22.4 Å². The van der Waals surface area contributed by atoms with Crippen molar-refractivity contribution in [3.05, 3.63) is 60.3 Å². The lowest BCUT2D eigenvalue weighted by Gasteiger charge is -2.34. The van der Waals surface area contributed by atoms with Crippen molar-refractivity contribution >= 4 is 17.7 Å². The molecule has 1 saturated heterocycles. The molecule has 0 saturated carbocycles. The number of phenols is 2. The van der Waals surface area contributed by atoms with Crippen LogP contribution in [0.2, 0.25) is 0 Å². The zero-order valence-electron chi connectivity index (χ0n) is 21.6. The predicted molar refractivity (Wildman–Crippen MR) is 140 cm³/mol. The smallest absolute Gasteiger partial charge is 0.289 e. The largest absolute Gasteiger partial charge is 0.508 e. The molecule has 4 rings (SSSR count). The zero-order valence-corrected chi connectivity index (χ0v) is 21.6. The Morgan fingerprint density at radius 3 is 2.18 bits per heavy atom. The first kappa shape index (κ1) is 26.6. The van der Waals surface area contributed by atoms with E-state index >= 15 is 0 Å². The summed E-state index contributed by atoms with van der Waals surface area (Å²) in [5.41, 5.74) is 1.86. The first-order valence-electron chi connectivity index (χ1n) is 12.4. The number of benzene rings is 2. The average Bonchev–Trinajstić information content (AvgIpc) is 3.33. The van der Waals surface area contributed by atoms with Gasteiger partial charge in [0.2, 0.25) is 11.7 Å².